The van der Waals surface area contributed by atoms with Crippen LogP contribution in [0.3, 0.4) is 0 Å². The molecule has 0 aliphatic rings. The van der Waals surface area contributed by atoms with Crippen LogP contribution in [-0.2, 0) is 14.8 Å². The fourth-order valence-corrected chi connectivity index (χ4v) is 2.45. The summed E-state index contributed by atoms with van der Waals surface area (Å²) in [5, 5.41) is 3.26. The maximum Gasteiger partial charge on any atom is 0.262 e. The lowest BCUT2D eigenvalue weighted by atomic mass is 10.3. The van der Waals surface area contributed by atoms with Crippen LogP contribution in [0.2, 0.25) is 5.02 Å². The molecule has 0 unspecified atom stereocenters. The van der Waals surface area contributed by atoms with Crippen LogP contribution in [0.25, 0.3) is 0 Å². The van der Waals surface area contributed by atoms with E-state index in [9.17, 15) is 13.2 Å². The van der Waals surface area contributed by atoms with Crippen LogP contribution in [0.15, 0.2) is 48.5 Å². The number of rotatable bonds is 6. The van der Waals surface area contributed by atoms with Crippen molar-refractivity contribution < 1.29 is 17.9 Å². The highest BCUT2D eigenvalue weighted by molar-refractivity contribution is 7.92. The molecule has 1 amide bonds. The molecule has 0 heterocycles. The lowest BCUT2D eigenvalue weighted by molar-refractivity contribution is -0.118. The first-order valence-corrected chi connectivity index (χ1v) is 9.20. The Bertz CT molecular complexity index is 805. The fourth-order valence-electron chi connectivity index (χ4n) is 1.82. The topological polar surface area (TPSA) is 75.7 Å². The average Bonchev–Trinajstić information content (AvgIpc) is 2.53. The Labute approximate surface area is 146 Å². The molecule has 24 heavy (non-hydrogen) atoms. The second-order valence-electron chi connectivity index (χ2n) is 5.07. The van der Waals surface area contributed by atoms with E-state index in [2.05, 4.69) is 5.32 Å². The number of halogens is 1. The van der Waals surface area contributed by atoms with Gasteiger partial charge >= 0.3 is 0 Å². The van der Waals surface area contributed by atoms with Gasteiger partial charge in [0.25, 0.3) is 5.91 Å². The molecule has 0 atom stereocenters. The minimum atomic E-state index is -3.32. The van der Waals surface area contributed by atoms with Crippen LogP contribution < -0.4 is 14.4 Å². The molecule has 2 aromatic rings. The van der Waals surface area contributed by atoms with Gasteiger partial charge in [0.15, 0.2) is 6.61 Å². The van der Waals surface area contributed by atoms with Crippen molar-refractivity contribution in [2.75, 3.05) is 29.5 Å². The van der Waals surface area contributed by atoms with Gasteiger partial charge in [-0.3, -0.25) is 9.10 Å². The van der Waals surface area contributed by atoms with Crippen LogP contribution in [0, 0.1) is 0 Å². The summed E-state index contributed by atoms with van der Waals surface area (Å²) in [6, 6.07) is 13.1. The van der Waals surface area contributed by atoms with E-state index in [-0.39, 0.29) is 12.5 Å². The van der Waals surface area contributed by atoms with Crippen LogP contribution in [-0.4, -0.2) is 34.2 Å². The van der Waals surface area contributed by atoms with Gasteiger partial charge in [-0.1, -0.05) is 11.6 Å². The van der Waals surface area contributed by atoms with E-state index in [0.29, 0.717) is 22.1 Å². The molecule has 6 nitrogen and oxygen atoms in total. The summed E-state index contributed by atoms with van der Waals surface area (Å²) < 4.78 is 29.4. The van der Waals surface area contributed by atoms with Gasteiger partial charge in [0, 0.05) is 17.8 Å². The highest BCUT2D eigenvalue weighted by Crippen LogP contribution is 2.19. The molecule has 8 heteroatoms. The Morgan fingerprint density at radius 3 is 2.25 bits per heavy atom. The zero-order valence-electron chi connectivity index (χ0n) is 13.2. The molecule has 0 aliphatic heterocycles. The van der Waals surface area contributed by atoms with Crippen LogP contribution in [0.1, 0.15) is 0 Å². The van der Waals surface area contributed by atoms with Gasteiger partial charge in [-0.2, -0.15) is 0 Å². The number of sulfonamides is 1. The summed E-state index contributed by atoms with van der Waals surface area (Å²) in [5.41, 5.74) is 1.05. The zero-order chi connectivity index (χ0) is 17.7. The largest absolute Gasteiger partial charge is 0.484 e. The van der Waals surface area contributed by atoms with Gasteiger partial charge < -0.3 is 10.1 Å². The quantitative estimate of drug-likeness (QED) is 0.850. The molecule has 0 saturated heterocycles. The van der Waals surface area contributed by atoms with E-state index >= 15 is 0 Å². The Morgan fingerprint density at radius 1 is 1.12 bits per heavy atom. The number of ether oxygens (including phenoxy) is 1. The minimum Gasteiger partial charge on any atom is -0.484 e. The number of carbonyl (C=O) groups excluding carboxylic acids is 1. The van der Waals surface area contributed by atoms with Crippen LogP contribution in [0.5, 0.6) is 5.75 Å². The number of hydrogen-bond donors (Lipinski definition) is 1. The molecule has 0 fully saturated rings. The summed E-state index contributed by atoms with van der Waals surface area (Å²) in [6.45, 7) is -0.146. The summed E-state index contributed by atoms with van der Waals surface area (Å²) in [7, 11) is -1.86. The molecule has 1 N–H and O–H groups in total. The maximum absolute atomic E-state index is 11.9. The zero-order valence-corrected chi connectivity index (χ0v) is 14.8. The molecule has 128 valence electrons. The highest BCUT2D eigenvalue weighted by atomic mass is 35.5. The van der Waals surface area contributed by atoms with Gasteiger partial charge in [0.2, 0.25) is 10.0 Å². The van der Waals surface area contributed by atoms with Crippen molar-refractivity contribution in [3.63, 3.8) is 0 Å². The third-order valence-electron chi connectivity index (χ3n) is 3.20. The van der Waals surface area contributed by atoms with E-state index < -0.39 is 10.0 Å². The predicted octanol–water partition coefficient (Wildman–Crippen LogP) is 2.75. The number of nitrogens with zero attached hydrogens (tertiary/aromatic N) is 1. The van der Waals surface area contributed by atoms with Crippen molar-refractivity contribution in [1.29, 1.82) is 0 Å². The van der Waals surface area contributed by atoms with E-state index in [1.807, 2.05) is 0 Å². The Morgan fingerprint density at radius 2 is 1.71 bits per heavy atom. The van der Waals surface area contributed by atoms with E-state index in [1.54, 1.807) is 48.5 Å². The molecule has 0 aliphatic carbocycles. The van der Waals surface area contributed by atoms with Crippen molar-refractivity contribution in [3.8, 4) is 5.75 Å². The second-order valence-corrected chi connectivity index (χ2v) is 7.52. The SMILES string of the molecule is CN(c1ccc(NC(=O)COc2ccc(Cl)cc2)cc1)S(C)(=O)=O. The monoisotopic (exact) mass is 368 g/mol. The molecule has 2 aromatic carbocycles. The number of anilines is 2. The average molecular weight is 369 g/mol. The van der Waals surface area contributed by atoms with Crippen molar-refractivity contribution in [3.05, 3.63) is 53.6 Å². The van der Waals surface area contributed by atoms with Crippen LogP contribution >= 0.6 is 11.6 Å². The summed E-state index contributed by atoms with van der Waals surface area (Å²) in [5.74, 6) is 0.217. The second kappa shape index (κ2) is 7.55. The Balaban J connectivity index is 1.91. The maximum atomic E-state index is 11.9. The first-order chi connectivity index (χ1) is 11.3. The molecule has 0 radical (unpaired) electrons. The Kier molecular flexibility index (Phi) is 5.69. The van der Waals surface area contributed by atoms with Gasteiger partial charge in [0.1, 0.15) is 5.75 Å². The standard InChI is InChI=1S/C16H17ClN2O4S/c1-19(24(2,21)22)14-7-5-13(6-8-14)18-16(20)11-23-15-9-3-12(17)4-10-15/h3-10H,11H2,1-2H3,(H,18,20). The highest BCUT2D eigenvalue weighted by Gasteiger charge is 2.11. The molecule has 2 rings (SSSR count). The fraction of sp³-hybridized carbons (Fsp3) is 0.188. The summed E-state index contributed by atoms with van der Waals surface area (Å²) >= 11 is 5.77. The third-order valence-corrected chi connectivity index (χ3v) is 4.65. The summed E-state index contributed by atoms with van der Waals surface area (Å²) in [6.07, 6.45) is 1.12. The molecular weight excluding hydrogens is 352 g/mol. The van der Waals surface area contributed by atoms with E-state index in [4.69, 9.17) is 16.3 Å². The molecule has 0 aromatic heterocycles. The van der Waals surface area contributed by atoms with Crippen LogP contribution in [0.4, 0.5) is 11.4 Å². The van der Waals surface area contributed by atoms with Crippen molar-refractivity contribution in [2.45, 2.75) is 0 Å². The summed E-state index contributed by atoms with van der Waals surface area (Å²) in [4.78, 5) is 11.9. The number of benzene rings is 2. The molecule has 0 spiro atoms. The minimum absolute atomic E-state index is 0.146. The first-order valence-electron chi connectivity index (χ1n) is 6.98. The number of carbonyl (C=O) groups is 1. The van der Waals surface area contributed by atoms with Gasteiger partial charge in [-0.25, -0.2) is 8.42 Å². The first kappa shape index (κ1) is 18.1. The van der Waals surface area contributed by atoms with Crippen molar-refractivity contribution >= 4 is 38.9 Å². The lowest BCUT2D eigenvalue weighted by Crippen LogP contribution is -2.24. The van der Waals surface area contributed by atoms with Crippen molar-refractivity contribution in [1.82, 2.24) is 0 Å². The molecule has 0 bridgehead atoms. The predicted molar refractivity (Wildman–Crippen MR) is 95.3 cm³/mol. The number of amides is 1. The van der Waals surface area contributed by atoms with E-state index in [0.717, 1.165) is 10.6 Å². The lowest BCUT2D eigenvalue weighted by Gasteiger charge is -2.16. The smallest absolute Gasteiger partial charge is 0.262 e. The molecule has 0 saturated carbocycles. The Hall–Kier alpha value is -2.25. The third kappa shape index (κ3) is 5.14. The van der Waals surface area contributed by atoms with Gasteiger partial charge in [0.05, 0.1) is 11.9 Å². The molecular formula is C16H17ClN2O4S. The van der Waals surface area contributed by atoms with Gasteiger partial charge in [-0.15, -0.1) is 0 Å². The van der Waals surface area contributed by atoms with Gasteiger partial charge in [-0.05, 0) is 48.5 Å². The van der Waals surface area contributed by atoms with Crippen molar-refractivity contribution in [2.24, 2.45) is 0 Å². The number of hydrogen-bond acceptors (Lipinski definition) is 4. The van der Waals surface area contributed by atoms with E-state index in [1.165, 1.54) is 7.05 Å². The number of nitrogens with one attached hydrogen (secondary N) is 1. The normalized spacial score (nSPS) is 11.0.